The summed E-state index contributed by atoms with van der Waals surface area (Å²) >= 11 is 5.62. The first-order valence-electron chi connectivity index (χ1n) is 6.46. The number of aryl methyl sites for hydroxylation is 2. The van der Waals surface area contributed by atoms with Gasteiger partial charge in [0.1, 0.15) is 4.90 Å². The number of rotatable bonds is 7. The van der Waals surface area contributed by atoms with E-state index in [1.54, 1.807) is 35.9 Å². The summed E-state index contributed by atoms with van der Waals surface area (Å²) in [6, 6.07) is 0. The van der Waals surface area contributed by atoms with Crippen molar-refractivity contribution in [2.24, 2.45) is 7.05 Å². The van der Waals surface area contributed by atoms with E-state index >= 15 is 0 Å². The molecule has 0 aliphatic heterocycles. The van der Waals surface area contributed by atoms with Gasteiger partial charge in [-0.05, 0) is 6.42 Å². The van der Waals surface area contributed by atoms with Crippen molar-refractivity contribution in [1.82, 2.24) is 23.9 Å². The Bertz CT molecular complexity index is 694. The average Bonchev–Trinajstić information content (AvgIpc) is 3.06. The van der Waals surface area contributed by atoms with E-state index in [-0.39, 0.29) is 11.4 Å². The number of hydrogen-bond acceptors (Lipinski definition) is 4. The molecule has 0 N–H and O–H groups in total. The van der Waals surface area contributed by atoms with Crippen molar-refractivity contribution in [2.45, 2.75) is 24.4 Å². The van der Waals surface area contributed by atoms with Crippen LogP contribution in [0.3, 0.4) is 0 Å². The largest absolute Gasteiger partial charge is 0.275 e. The van der Waals surface area contributed by atoms with Crippen LogP contribution in [-0.4, -0.2) is 45.2 Å². The van der Waals surface area contributed by atoms with Crippen LogP contribution in [0, 0.1) is 0 Å². The predicted octanol–water partition coefficient (Wildman–Crippen LogP) is 1.07. The van der Waals surface area contributed by atoms with Crippen LogP contribution in [-0.2, 0) is 30.2 Å². The standard InChI is InChI=1S/C12H18ClN5O2S/c1-16-8-11(6-14-16)9-17(2)21(19,20)12-7-15-18(10-12)5-3-4-13/h6-8,10H,3-5,9H2,1-2H3. The number of hydrogen-bond donors (Lipinski definition) is 0. The van der Waals surface area contributed by atoms with Crippen LogP contribution in [0.5, 0.6) is 0 Å². The zero-order valence-electron chi connectivity index (χ0n) is 12.0. The summed E-state index contributed by atoms with van der Waals surface area (Å²) in [6.07, 6.45) is 7.07. The molecule has 7 nitrogen and oxygen atoms in total. The maximum absolute atomic E-state index is 12.4. The molecule has 0 radical (unpaired) electrons. The van der Waals surface area contributed by atoms with Crippen LogP contribution < -0.4 is 0 Å². The van der Waals surface area contributed by atoms with Gasteiger partial charge in [0, 0.05) is 51.0 Å². The molecule has 0 aliphatic rings. The zero-order chi connectivity index (χ0) is 15.5. The predicted molar refractivity (Wildman–Crippen MR) is 79.4 cm³/mol. The van der Waals surface area contributed by atoms with Gasteiger partial charge < -0.3 is 0 Å². The van der Waals surface area contributed by atoms with Gasteiger partial charge in [0.2, 0.25) is 10.0 Å². The summed E-state index contributed by atoms with van der Waals surface area (Å²) < 4.78 is 29.4. The molecule has 0 bridgehead atoms. The minimum atomic E-state index is -3.55. The fraction of sp³-hybridized carbons (Fsp3) is 0.500. The van der Waals surface area contributed by atoms with Gasteiger partial charge in [-0.3, -0.25) is 9.36 Å². The van der Waals surface area contributed by atoms with E-state index in [2.05, 4.69) is 10.2 Å². The molecule has 0 unspecified atom stereocenters. The van der Waals surface area contributed by atoms with Crippen molar-refractivity contribution in [2.75, 3.05) is 12.9 Å². The van der Waals surface area contributed by atoms with Crippen molar-refractivity contribution >= 4 is 21.6 Å². The molecule has 2 rings (SSSR count). The maximum Gasteiger partial charge on any atom is 0.246 e. The van der Waals surface area contributed by atoms with Crippen LogP contribution in [0.25, 0.3) is 0 Å². The van der Waals surface area contributed by atoms with Gasteiger partial charge in [-0.15, -0.1) is 11.6 Å². The normalized spacial score (nSPS) is 12.2. The lowest BCUT2D eigenvalue weighted by Crippen LogP contribution is -2.26. The van der Waals surface area contributed by atoms with Crippen molar-refractivity contribution in [3.63, 3.8) is 0 Å². The van der Waals surface area contributed by atoms with Gasteiger partial charge >= 0.3 is 0 Å². The number of sulfonamides is 1. The second-order valence-corrected chi connectivity index (χ2v) is 7.19. The third kappa shape index (κ3) is 3.84. The molecular weight excluding hydrogens is 314 g/mol. The van der Waals surface area contributed by atoms with Crippen molar-refractivity contribution in [3.05, 3.63) is 30.4 Å². The lowest BCUT2D eigenvalue weighted by molar-refractivity contribution is 0.466. The topological polar surface area (TPSA) is 73.0 Å². The highest BCUT2D eigenvalue weighted by molar-refractivity contribution is 7.89. The Morgan fingerprint density at radius 1 is 1.29 bits per heavy atom. The molecule has 9 heteroatoms. The first kappa shape index (κ1) is 16.0. The molecule has 0 fully saturated rings. The summed E-state index contributed by atoms with van der Waals surface area (Å²) in [4.78, 5) is 0.184. The Labute approximate surface area is 129 Å². The molecule has 116 valence electrons. The van der Waals surface area contributed by atoms with Gasteiger partial charge in [-0.2, -0.15) is 14.5 Å². The third-order valence-corrected chi connectivity index (χ3v) is 5.03. The van der Waals surface area contributed by atoms with Gasteiger partial charge in [0.05, 0.1) is 12.4 Å². The second-order valence-electron chi connectivity index (χ2n) is 4.76. The van der Waals surface area contributed by atoms with E-state index < -0.39 is 10.0 Å². The van der Waals surface area contributed by atoms with E-state index in [0.29, 0.717) is 12.4 Å². The Hall–Kier alpha value is -1.38. The highest BCUT2D eigenvalue weighted by atomic mass is 35.5. The molecule has 0 spiro atoms. The molecule has 2 aromatic heterocycles. The summed E-state index contributed by atoms with van der Waals surface area (Å²) in [5.74, 6) is 0.517. The van der Waals surface area contributed by atoms with Crippen molar-refractivity contribution in [3.8, 4) is 0 Å². The molecule has 0 amide bonds. The molecule has 0 aromatic carbocycles. The van der Waals surface area contributed by atoms with E-state index in [9.17, 15) is 8.42 Å². The SMILES string of the molecule is CN(Cc1cnn(C)c1)S(=O)(=O)c1cnn(CCCCl)c1. The molecule has 2 aromatic rings. The highest BCUT2D eigenvalue weighted by Gasteiger charge is 2.23. The van der Waals surface area contributed by atoms with Crippen LogP contribution in [0.2, 0.25) is 0 Å². The average molecular weight is 332 g/mol. The van der Waals surface area contributed by atoms with Gasteiger partial charge in [0.15, 0.2) is 0 Å². The summed E-state index contributed by atoms with van der Waals surface area (Å²) in [5.41, 5.74) is 0.832. The Morgan fingerprint density at radius 3 is 2.67 bits per heavy atom. The molecule has 0 saturated heterocycles. The summed E-state index contributed by atoms with van der Waals surface area (Å²) in [6.45, 7) is 0.869. The molecule has 21 heavy (non-hydrogen) atoms. The smallest absolute Gasteiger partial charge is 0.246 e. The Kier molecular flexibility index (Phi) is 5.02. The van der Waals surface area contributed by atoms with E-state index in [4.69, 9.17) is 11.6 Å². The van der Waals surface area contributed by atoms with E-state index in [1.165, 1.54) is 16.7 Å². The monoisotopic (exact) mass is 331 g/mol. The third-order valence-electron chi connectivity index (χ3n) is 3.00. The summed E-state index contributed by atoms with van der Waals surface area (Å²) in [5, 5.41) is 8.08. The summed E-state index contributed by atoms with van der Waals surface area (Å²) in [7, 11) is -0.221. The zero-order valence-corrected chi connectivity index (χ0v) is 13.5. The van der Waals surface area contributed by atoms with Gasteiger partial charge in [-0.1, -0.05) is 0 Å². The quantitative estimate of drug-likeness (QED) is 0.711. The number of aromatic nitrogens is 4. The maximum atomic E-state index is 12.4. The minimum Gasteiger partial charge on any atom is -0.275 e. The molecule has 0 atom stereocenters. The van der Waals surface area contributed by atoms with Gasteiger partial charge in [-0.25, -0.2) is 8.42 Å². The number of alkyl halides is 1. The number of nitrogens with zero attached hydrogens (tertiary/aromatic N) is 5. The van der Waals surface area contributed by atoms with Gasteiger partial charge in [0.25, 0.3) is 0 Å². The van der Waals surface area contributed by atoms with E-state index in [0.717, 1.165) is 12.0 Å². The fourth-order valence-electron chi connectivity index (χ4n) is 1.90. The molecular formula is C12H18ClN5O2S. The van der Waals surface area contributed by atoms with E-state index in [1.807, 2.05) is 0 Å². The highest BCUT2D eigenvalue weighted by Crippen LogP contribution is 2.16. The second kappa shape index (κ2) is 6.59. The van der Waals surface area contributed by atoms with Crippen LogP contribution >= 0.6 is 11.6 Å². The molecule has 0 saturated carbocycles. The lowest BCUT2D eigenvalue weighted by Gasteiger charge is -2.14. The van der Waals surface area contributed by atoms with Crippen LogP contribution in [0.15, 0.2) is 29.7 Å². The van der Waals surface area contributed by atoms with Crippen molar-refractivity contribution < 1.29 is 8.42 Å². The van der Waals surface area contributed by atoms with Crippen LogP contribution in [0.4, 0.5) is 0 Å². The molecule has 2 heterocycles. The fourth-order valence-corrected chi connectivity index (χ4v) is 3.13. The van der Waals surface area contributed by atoms with Crippen LogP contribution in [0.1, 0.15) is 12.0 Å². The Morgan fingerprint density at radius 2 is 2.05 bits per heavy atom. The Balaban J connectivity index is 2.11. The first-order chi connectivity index (χ1) is 9.93. The number of halogens is 1. The minimum absolute atomic E-state index is 0.184. The van der Waals surface area contributed by atoms with Crippen molar-refractivity contribution in [1.29, 1.82) is 0 Å². The molecule has 0 aliphatic carbocycles. The first-order valence-corrected chi connectivity index (χ1v) is 8.43. The lowest BCUT2D eigenvalue weighted by atomic mass is 10.4.